The van der Waals surface area contributed by atoms with Gasteiger partial charge >= 0.3 is 0 Å². The molecule has 0 atom stereocenters. The van der Waals surface area contributed by atoms with Crippen molar-refractivity contribution < 1.29 is 9.53 Å². The topological polar surface area (TPSA) is 90.4 Å². The SMILES string of the molecule is COc1ccc(NC(=O)c2ccc(CN)cc2)c(N)c1. The summed E-state index contributed by atoms with van der Waals surface area (Å²) >= 11 is 0. The summed E-state index contributed by atoms with van der Waals surface area (Å²) < 4.78 is 5.06. The van der Waals surface area contributed by atoms with Crippen molar-refractivity contribution in [2.75, 3.05) is 18.2 Å². The average molecular weight is 271 g/mol. The van der Waals surface area contributed by atoms with Crippen molar-refractivity contribution in [1.82, 2.24) is 0 Å². The van der Waals surface area contributed by atoms with Crippen LogP contribution in [0.2, 0.25) is 0 Å². The van der Waals surface area contributed by atoms with Crippen molar-refractivity contribution in [3.63, 3.8) is 0 Å². The molecule has 0 fully saturated rings. The number of nitrogen functional groups attached to an aromatic ring is 1. The maximum Gasteiger partial charge on any atom is 0.255 e. The molecule has 2 aromatic rings. The molecule has 0 saturated heterocycles. The van der Waals surface area contributed by atoms with E-state index in [2.05, 4.69) is 5.32 Å². The van der Waals surface area contributed by atoms with Gasteiger partial charge in [-0.15, -0.1) is 0 Å². The number of benzene rings is 2. The number of nitrogens with one attached hydrogen (secondary N) is 1. The third kappa shape index (κ3) is 3.07. The number of amides is 1. The fourth-order valence-electron chi connectivity index (χ4n) is 1.77. The Balaban J connectivity index is 2.14. The lowest BCUT2D eigenvalue weighted by Crippen LogP contribution is -2.13. The number of nitrogens with two attached hydrogens (primary N) is 2. The van der Waals surface area contributed by atoms with E-state index in [1.807, 2.05) is 12.1 Å². The van der Waals surface area contributed by atoms with Gasteiger partial charge in [0, 0.05) is 18.2 Å². The van der Waals surface area contributed by atoms with Gasteiger partial charge in [0.25, 0.3) is 5.91 Å². The molecule has 5 N–H and O–H groups in total. The first-order valence-electron chi connectivity index (χ1n) is 6.18. The van der Waals surface area contributed by atoms with Crippen molar-refractivity contribution in [3.8, 4) is 5.75 Å². The maximum atomic E-state index is 12.1. The molecule has 5 heteroatoms. The van der Waals surface area contributed by atoms with Gasteiger partial charge in [-0.2, -0.15) is 0 Å². The first-order valence-corrected chi connectivity index (χ1v) is 6.18. The lowest BCUT2D eigenvalue weighted by molar-refractivity contribution is 0.102. The Morgan fingerprint density at radius 2 is 1.90 bits per heavy atom. The van der Waals surface area contributed by atoms with E-state index in [-0.39, 0.29) is 5.91 Å². The van der Waals surface area contributed by atoms with Gasteiger partial charge in [-0.05, 0) is 29.8 Å². The third-order valence-corrected chi connectivity index (χ3v) is 2.96. The summed E-state index contributed by atoms with van der Waals surface area (Å²) in [6.07, 6.45) is 0. The van der Waals surface area contributed by atoms with Crippen molar-refractivity contribution in [3.05, 3.63) is 53.6 Å². The van der Waals surface area contributed by atoms with Crippen molar-refractivity contribution in [2.24, 2.45) is 5.73 Å². The van der Waals surface area contributed by atoms with Crippen LogP contribution in [0.5, 0.6) is 5.75 Å². The molecule has 0 bridgehead atoms. The molecular weight excluding hydrogens is 254 g/mol. The second-order valence-corrected chi connectivity index (χ2v) is 4.31. The zero-order chi connectivity index (χ0) is 14.5. The number of hydrogen-bond acceptors (Lipinski definition) is 4. The van der Waals surface area contributed by atoms with Gasteiger partial charge in [0.15, 0.2) is 0 Å². The Kier molecular flexibility index (Phi) is 4.22. The van der Waals surface area contributed by atoms with Crippen LogP contribution in [0.25, 0.3) is 0 Å². The first-order chi connectivity index (χ1) is 9.63. The van der Waals surface area contributed by atoms with Crippen molar-refractivity contribution >= 4 is 17.3 Å². The monoisotopic (exact) mass is 271 g/mol. The molecule has 104 valence electrons. The predicted molar refractivity (Wildman–Crippen MR) is 79.7 cm³/mol. The zero-order valence-electron chi connectivity index (χ0n) is 11.2. The molecule has 2 aromatic carbocycles. The van der Waals surface area contributed by atoms with Gasteiger partial charge in [-0.25, -0.2) is 0 Å². The van der Waals surface area contributed by atoms with E-state index in [1.165, 1.54) is 0 Å². The number of rotatable bonds is 4. The molecule has 0 saturated carbocycles. The predicted octanol–water partition coefficient (Wildman–Crippen LogP) is 1.99. The van der Waals surface area contributed by atoms with Crippen LogP contribution < -0.4 is 21.5 Å². The lowest BCUT2D eigenvalue weighted by atomic mass is 10.1. The number of methoxy groups -OCH3 is 1. The summed E-state index contributed by atoms with van der Waals surface area (Å²) in [5.74, 6) is 0.429. The Morgan fingerprint density at radius 3 is 2.45 bits per heavy atom. The smallest absolute Gasteiger partial charge is 0.255 e. The molecule has 0 radical (unpaired) electrons. The molecule has 0 aliphatic rings. The van der Waals surface area contributed by atoms with E-state index >= 15 is 0 Å². The van der Waals surface area contributed by atoms with Crippen LogP contribution in [0.4, 0.5) is 11.4 Å². The van der Waals surface area contributed by atoms with Crippen molar-refractivity contribution in [1.29, 1.82) is 0 Å². The van der Waals surface area contributed by atoms with E-state index < -0.39 is 0 Å². The third-order valence-electron chi connectivity index (χ3n) is 2.96. The van der Waals surface area contributed by atoms with Crippen molar-refractivity contribution in [2.45, 2.75) is 6.54 Å². The first kappa shape index (κ1) is 13.9. The molecule has 0 heterocycles. The Hall–Kier alpha value is -2.53. The van der Waals surface area contributed by atoms with Crippen LogP contribution in [-0.4, -0.2) is 13.0 Å². The van der Waals surface area contributed by atoms with E-state index in [9.17, 15) is 4.79 Å². The Labute approximate surface area is 117 Å². The second kappa shape index (κ2) is 6.08. The largest absolute Gasteiger partial charge is 0.497 e. The van der Waals surface area contributed by atoms with Crippen LogP contribution >= 0.6 is 0 Å². The molecule has 2 rings (SSSR count). The molecule has 1 amide bonds. The highest BCUT2D eigenvalue weighted by Crippen LogP contribution is 2.24. The lowest BCUT2D eigenvalue weighted by Gasteiger charge is -2.10. The summed E-state index contributed by atoms with van der Waals surface area (Å²) in [4.78, 5) is 12.1. The number of hydrogen-bond donors (Lipinski definition) is 3. The Bertz CT molecular complexity index is 609. The van der Waals surface area contributed by atoms with Crippen LogP contribution in [0.1, 0.15) is 15.9 Å². The fraction of sp³-hybridized carbons (Fsp3) is 0.133. The van der Waals surface area contributed by atoms with E-state index in [1.54, 1.807) is 37.4 Å². The van der Waals surface area contributed by atoms with Crippen LogP contribution in [0, 0.1) is 0 Å². The summed E-state index contributed by atoms with van der Waals surface area (Å²) in [7, 11) is 1.56. The average Bonchev–Trinajstić information content (AvgIpc) is 2.49. The van der Waals surface area contributed by atoms with Crippen LogP contribution in [-0.2, 0) is 6.54 Å². The summed E-state index contributed by atoms with van der Waals surface area (Å²) in [5.41, 5.74) is 13.9. The highest BCUT2D eigenvalue weighted by molar-refractivity contribution is 6.05. The van der Waals surface area contributed by atoms with Gasteiger partial charge in [0.1, 0.15) is 5.75 Å². The molecule has 0 aliphatic carbocycles. The van der Waals surface area contributed by atoms with Gasteiger partial charge in [-0.1, -0.05) is 12.1 Å². The maximum absolute atomic E-state index is 12.1. The Morgan fingerprint density at radius 1 is 1.20 bits per heavy atom. The number of anilines is 2. The molecule has 20 heavy (non-hydrogen) atoms. The van der Waals surface area contributed by atoms with E-state index in [0.717, 1.165) is 5.56 Å². The normalized spacial score (nSPS) is 10.1. The van der Waals surface area contributed by atoms with Crippen LogP contribution in [0.15, 0.2) is 42.5 Å². The highest BCUT2D eigenvalue weighted by Gasteiger charge is 2.08. The van der Waals surface area contributed by atoms with Gasteiger partial charge < -0.3 is 21.5 Å². The minimum Gasteiger partial charge on any atom is -0.497 e. The number of carbonyl (C=O) groups is 1. The molecule has 5 nitrogen and oxygen atoms in total. The van der Waals surface area contributed by atoms with Gasteiger partial charge in [-0.3, -0.25) is 4.79 Å². The molecule has 0 unspecified atom stereocenters. The number of ether oxygens (including phenoxy) is 1. The molecular formula is C15H17N3O2. The molecule has 0 aliphatic heterocycles. The van der Waals surface area contributed by atoms with E-state index in [0.29, 0.717) is 29.2 Å². The zero-order valence-corrected chi connectivity index (χ0v) is 11.2. The quantitative estimate of drug-likeness (QED) is 0.742. The van der Waals surface area contributed by atoms with Crippen LogP contribution in [0.3, 0.4) is 0 Å². The minimum absolute atomic E-state index is 0.217. The van der Waals surface area contributed by atoms with Gasteiger partial charge in [0.2, 0.25) is 0 Å². The summed E-state index contributed by atoms with van der Waals surface area (Å²) in [6.45, 7) is 0.452. The molecule has 0 aromatic heterocycles. The number of carbonyl (C=O) groups excluding carboxylic acids is 1. The minimum atomic E-state index is -0.217. The molecule has 0 spiro atoms. The van der Waals surface area contributed by atoms with E-state index in [4.69, 9.17) is 16.2 Å². The standard InChI is InChI=1S/C15H17N3O2/c1-20-12-6-7-14(13(17)8-12)18-15(19)11-4-2-10(9-16)3-5-11/h2-8H,9,16-17H2,1H3,(H,18,19). The second-order valence-electron chi connectivity index (χ2n) is 4.31. The highest BCUT2D eigenvalue weighted by atomic mass is 16.5. The summed E-state index contributed by atoms with van der Waals surface area (Å²) in [5, 5.41) is 2.76. The fourth-order valence-corrected chi connectivity index (χ4v) is 1.77. The van der Waals surface area contributed by atoms with Gasteiger partial charge in [0.05, 0.1) is 18.5 Å². The summed E-state index contributed by atoms with van der Waals surface area (Å²) in [6, 6.07) is 12.2.